The van der Waals surface area contributed by atoms with Crippen LogP contribution in [-0.2, 0) is 28.6 Å². The number of carbonyl (C=O) groups excluding carboxylic acids is 3. The SMILES string of the molecule is CC/C=C\C/C=C\C/C=C\CCCCCCCC(=O)O[C@H](COC(=O)CCC/C=C\C/C=C\C/C=C\C/C=C\CCCCC)COC(=O)CCCCCCCCCCCCC. The molecule has 0 aliphatic rings. The van der Waals surface area contributed by atoms with Crippen molar-refractivity contribution in [2.75, 3.05) is 13.2 Å². The molecule has 0 aromatic rings. The molecule has 6 nitrogen and oxygen atoms in total. The molecule has 0 spiro atoms. The van der Waals surface area contributed by atoms with Crippen LogP contribution in [0.2, 0.25) is 0 Å². The fourth-order valence-electron chi connectivity index (χ4n) is 6.62. The Hall–Kier alpha value is -3.41. The maximum Gasteiger partial charge on any atom is 0.306 e. The second kappa shape index (κ2) is 49.2. The van der Waals surface area contributed by atoms with Gasteiger partial charge in [0.1, 0.15) is 13.2 Å². The van der Waals surface area contributed by atoms with Crippen LogP contribution in [0.25, 0.3) is 0 Å². The average molecular weight is 849 g/mol. The van der Waals surface area contributed by atoms with E-state index in [0.717, 1.165) is 103 Å². The van der Waals surface area contributed by atoms with Crippen molar-refractivity contribution in [3.8, 4) is 0 Å². The largest absolute Gasteiger partial charge is 0.462 e. The lowest BCUT2D eigenvalue weighted by Gasteiger charge is -2.18. The van der Waals surface area contributed by atoms with Gasteiger partial charge in [0.15, 0.2) is 6.10 Å². The van der Waals surface area contributed by atoms with E-state index in [0.29, 0.717) is 19.3 Å². The number of rotatable bonds is 44. The highest BCUT2D eigenvalue weighted by Crippen LogP contribution is 2.14. The van der Waals surface area contributed by atoms with E-state index in [2.05, 4.69) is 106 Å². The van der Waals surface area contributed by atoms with Gasteiger partial charge in [-0.3, -0.25) is 14.4 Å². The molecule has 348 valence electrons. The molecule has 6 heteroatoms. The van der Waals surface area contributed by atoms with Gasteiger partial charge < -0.3 is 14.2 Å². The molecule has 0 rings (SSSR count). The van der Waals surface area contributed by atoms with Crippen molar-refractivity contribution in [1.29, 1.82) is 0 Å². The lowest BCUT2D eigenvalue weighted by atomic mass is 10.1. The molecule has 0 bridgehead atoms. The zero-order valence-corrected chi connectivity index (χ0v) is 39.7. The van der Waals surface area contributed by atoms with Crippen LogP contribution in [0.3, 0.4) is 0 Å². The summed E-state index contributed by atoms with van der Waals surface area (Å²) in [4.78, 5) is 37.9. The second-order valence-electron chi connectivity index (χ2n) is 16.3. The molecule has 61 heavy (non-hydrogen) atoms. The summed E-state index contributed by atoms with van der Waals surface area (Å²) in [6.45, 7) is 6.42. The molecular weight excluding hydrogens is 757 g/mol. The minimum Gasteiger partial charge on any atom is -0.462 e. The van der Waals surface area contributed by atoms with E-state index in [-0.39, 0.29) is 37.5 Å². The first-order chi connectivity index (χ1) is 30.0. The standard InChI is InChI=1S/C55H92O6/c1-4-7-10-13-16-19-22-24-26-27-29-30-33-36-39-42-45-48-54(57)60-51-52(50-59-53(56)47-44-41-38-35-32-21-18-15-12-9-6-3)61-55(58)49-46-43-40-37-34-31-28-25-23-20-17-14-11-8-5-2/h8,11,16-17,19-20,24-26,28-30,36,39,52H,4-7,9-10,12-15,18,21-23,27,31-35,37-38,40-51H2,1-3H3/b11-8-,19-16-,20-17-,26-24-,28-25-,30-29-,39-36-/t52-/m0/s1. The van der Waals surface area contributed by atoms with Crippen LogP contribution in [0.15, 0.2) is 85.1 Å². The molecule has 0 unspecified atom stereocenters. The van der Waals surface area contributed by atoms with Gasteiger partial charge in [-0.2, -0.15) is 0 Å². The first-order valence-corrected chi connectivity index (χ1v) is 25.1. The van der Waals surface area contributed by atoms with Crippen molar-refractivity contribution in [2.45, 2.75) is 232 Å². The Labute approximate surface area is 375 Å². The van der Waals surface area contributed by atoms with Crippen molar-refractivity contribution in [3.05, 3.63) is 85.1 Å². The summed E-state index contributed by atoms with van der Waals surface area (Å²) in [5.41, 5.74) is 0. The fraction of sp³-hybridized carbons (Fsp3) is 0.691. The Kier molecular flexibility index (Phi) is 46.5. The minimum atomic E-state index is -0.805. The van der Waals surface area contributed by atoms with Gasteiger partial charge in [-0.15, -0.1) is 0 Å². The maximum atomic E-state index is 12.8. The second-order valence-corrected chi connectivity index (χ2v) is 16.3. The minimum absolute atomic E-state index is 0.0999. The summed E-state index contributed by atoms with van der Waals surface area (Å²) in [5, 5.41) is 0. The van der Waals surface area contributed by atoms with Gasteiger partial charge >= 0.3 is 17.9 Å². The molecular formula is C55H92O6. The van der Waals surface area contributed by atoms with E-state index in [1.807, 2.05) is 0 Å². The van der Waals surface area contributed by atoms with Gasteiger partial charge in [0.25, 0.3) is 0 Å². The number of esters is 3. The topological polar surface area (TPSA) is 78.9 Å². The Morgan fingerprint density at radius 3 is 1.10 bits per heavy atom. The normalized spacial score (nSPS) is 12.8. The van der Waals surface area contributed by atoms with Crippen LogP contribution in [0.1, 0.15) is 226 Å². The van der Waals surface area contributed by atoms with Crippen LogP contribution in [-0.4, -0.2) is 37.2 Å². The van der Waals surface area contributed by atoms with E-state index in [4.69, 9.17) is 14.2 Å². The number of ether oxygens (including phenoxy) is 3. The van der Waals surface area contributed by atoms with Crippen molar-refractivity contribution >= 4 is 17.9 Å². The first-order valence-electron chi connectivity index (χ1n) is 25.1. The van der Waals surface area contributed by atoms with Gasteiger partial charge in [0, 0.05) is 19.3 Å². The molecule has 0 aliphatic heterocycles. The number of unbranched alkanes of at least 4 members (excludes halogenated alkanes) is 19. The summed E-state index contributed by atoms with van der Waals surface area (Å²) >= 11 is 0. The van der Waals surface area contributed by atoms with Gasteiger partial charge in [-0.05, 0) is 89.9 Å². The monoisotopic (exact) mass is 849 g/mol. The van der Waals surface area contributed by atoms with Gasteiger partial charge in [-0.25, -0.2) is 0 Å². The van der Waals surface area contributed by atoms with E-state index in [9.17, 15) is 14.4 Å². The van der Waals surface area contributed by atoms with E-state index < -0.39 is 6.10 Å². The van der Waals surface area contributed by atoms with E-state index in [1.54, 1.807) is 0 Å². The number of hydrogen-bond acceptors (Lipinski definition) is 6. The van der Waals surface area contributed by atoms with Gasteiger partial charge in [-0.1, -0.05) is 202 Å². The number of hydrogen-bond donors (Lipinski definition) is 0. The van der Waals surface area contributed by atoms with Crippen molar-refractivity contribution in [1.82, 2.24) is 0 Å². The van der Waals surface area contributed by atoms with Gasteiger partial charge in [0.05, 0.1) is 0 Å². The maximum absolute atomic E-state index is 12.8. The molecule has 1 atom stereocenters. The van der Waals surface area contributed by atoms with Crippen LogP contribution in [0, 0.1) is 0 Å². The fourth-order valence-corrected chi connectivity index (χ4v) is 6.62. The molecule has 0 saturated carbocycles. The van der Waals surface area contributed by atoms with Gasteiger partial charge in [0.2, 0.25) is 0 Å². The summed E-state index contributed by atoms with van der Waals surface area (Å²) < 4.78 is 16.7. The Balaban J connectivity index is 4.49. The molecule has 0 aromatic carbocycles. The van der Waals surface area contributed by atoms with Crippen molar-refractivity contribution in [3.63, 3.8) is 0 Å². The summed E-state index contributed by atoms with van der Waals surface area (Å²) in [5.74, 6) is -0.979. The first kappa shape index (κ1) is 57.6. The molecule has 0 saturated heterocycles. The third kappa shape index (κ3) is 47.5. The molecule has 0 aliphatic carbocycles. The zero-order chi connectivity index (χ0) is 44.4. The molecule has 0 N–H and O–H groups in total. The van der Waals surface area contributed by atoms with E-state index in [1.165, 1.54) is 77.0 Å². The Morgan fingerprint density at radius 1 is 0.344 bits per heavy atom. The van der Waals surface area contributed by atoms with Crippen LogP contribution >= 0.6 is 0 Å². The quantitative estimate of drug-likeness (QED) is 0.0263. The highest BCUT2D eigenvalue weighted by Gasteiger charge is 2.19. The third-order valence-electron chi connectivity index (χ3n) is 10.4. The average Bonchev–Trinajstić information content (AvgIpc) is 3.26. The summed E-state index contributed by atoms with van der Waals surface area (Å²) in [6, 6.07) is 0. The smallest absolute Gasteiger partial charge is 0.306 e. The predicted octanol–water partition coefficient (Wildman–Crippen LogP) is 16.4. The third-order valence-corrected chi connectivity index (χ3v) is 10.4. The zero-order valence-electron chi connectivity index (χ0n) is 39.7. The lowest BCUT2D eigenvalue weighted by molar-refractivity contribution is -0.167. The van der Waals surface area contributed by atoms with Crippen LogP contribution < -0.4 is 0 Å². The van der Waals surface area contributed by atoms with Crippen LogP contribution in [0.4, 0.5) is 0 Å². The molecule has 0 amide bonds. The molecule has 0 radical (unpaired) electrons. The summed E-state index contributed by atoms with van der Waals surface area (Å²) in [7, 11) is 0. The predicted molar refractivity (Wildman–Crippen MR) is 261 cm³/mol. The molecule has 0 fully saturated rings. The summed E-state index contributed by atoms with van der Waals surface area (Å²) in [6.07, 6.45) is 62.8. The number of allylic oxidation sites excluding steroid dienone is 14. The Morgan fingerprint density at radius 2 is 0.656 bits per heavy atom. The highest BCUT2D eigenvalue weighted by atomic mass is 16.6. The van der Waals surface area contributed by atoms with Crippen LogP contribution in [0.5, 0.6) is 0 Å². The van der Waals surface area contributed by atoms with Crippen molar-refractivity contribution in [2.24, 2.45) is 0 Å². The molecule has 0 heterocycles. The van der Waals surface area contributed by atoms with Crippen molar-refractivity contribution < 1.29 is 28.6 Å². The number of carbonyl (C=O) groups is 3. The Bertz CT molecular complexity index is 1200. The highest BCUT2D eigenvalue weighted by molar-refractivity contribution is 5.71. The van der Waals surface area contributed by atoms with E-state index >= 15 is 0 Å². The molecule has 0 aromatic heterocycles. The lowest BCUT2D eigenvalue weighted by Crippen LogP contribution is -2.30.